The number of nitrogens with zero attached hydrogens (tertiary/aromatic N) is 1. The van der Waals surface area contributed by atoms with Gasteiger partial charge in [0.05, 0.1) is 9.73 Å². The van der Waals surface area contributed by atoms with Gasteiger partial charge in [-0.3, -0.25) is 0 Å². The SMILES string of the molecule is CS(=O)(=NC(F)(F)F)c1ccc(Br)cc1. The Kier molecular flexibility index (Phi) is 3.44. The Morgan fingerprint density at radius 2 is 1.73 bits per heavy atom. The summed E-state index contributed by atoms with van der Waals surface area (Å²) in [6.07, 6.45) is -3.82. The minimum atomic E-state index is -4.78. The van der Waals surface area contributed by atoms with E-state index < -0.39 is 16.0 Å². The van der Waals surface area contributed by atoms with Crippen LogP contribution in [0.2, 0.25) is 0 Å². The van der Waals surface area contributed by atoms with Crippen molar-refractivity contribution in [3.05, 3.63) is 28.7 Å². The first kappa shape index (κ1) is 12.5. The second-order valence-electron chi connectivity index (χ2n) is 2.82. The number of alkyl halides is 3. The zero-order valence-electron chi connectivity index (χ0n) is 7.58. The standard InChI is InChI=1S/C8H7BrF3NOS/c1-15(14,13-8(10,11)12)7-4-2-6(9)3-5-7/h2-5H,1H3. The maximum atomic E-state index is 12.0. The number of benzene rings is 1. The van der Waals surface area contributed by atoms with Crippen LogP contribution in [0.5, 0.6) is 0 Å². The molecule has 1 unspecified atom stereocenters. The summed E-state index contributed by atoms with van der Waals surface area (Å²) in [5.74, 6) is 0. The van der Waals surface area contributed by atoms with Crippen LogP contribution in [-0.2, 0) is 9.73 Å². The number of hydrogen-bond donors (Lipinski definition) is 0. The third-order valence-electron chi connectivity index (χ3n) is 1.53. The van der Waals surface area contributed by atoms with Gasteiger partial charge in [-0.1, -0.05) is 15.9 Å². The second-order valence-corrected chi connectivity index (χ2v) is 5.99. The molecule has 15 heavy (non-hydrogen) atoms. The Hall–Kier alpha value is -0.560. The summed E-state index contributed by atoms with van der Waals surface area (Å²) in [6, 6.07) is 5.73. The van der Waals surface area contributed by atoms with Gasteiger partial charge in [0.2, 0.25) is 0 Å². The quantitative estimate of drug-likeness (QED) is 0.731. The summed E-state index contributed by atoms with van der Waals surface area (Å²) < 4.78 is 50.6. The van der Waals surface area contributed by atoms with Crippen molar-refractivity contribution < 1.29 is 17.4 Å². The molecule has 0 N–H and O–H groups in total. The molecule has 0 spiro atoms. The zero-order valence-corrected chi connectivity index (χ0v) is 9.99. The van der Waals surface area contributed by atoms with Crippen molar-refractivity contribution in [2.45, 2.75) is 11.2 Å². The smallest absolute Gasteiger partial charge is 0.245 e. The predicted octanol–water partition coefficient (Wildman–Crippen LogP) is 3.43. The lowest BCUT2D eigenvalue weighted by Gasteiger charge is -2.06. The molecule has 0 aromatic heterocycles. The molecule has 1 aromatic carbocycles. The lowest BCUT2D eigenvalue weighted by molar-refractivity contribution is -0.117. The highest BCUT2D eigenvalue weighted by Crippen LogP contribution is 2.23. The minimum Gasteiger partial charge on any atom is -0.245 e. The van der Waals surface area contributed by atoms with Crippen LogP contribution in [0.4, 0.5) is 13.2 Å². The van der Waals surface area contributed by atoms with E-state index in [0.29, 0.717) is 4.47 Å². The van der Waals surface area contributed by atoms with Gasteiger partial charge in [0.15, 0.2) is 0 Å². The first-order valence-corrected chi connectivity index (χ1v) is 6.48. The van der Waals surface area contributed by atoms with E-state index in [1.54, 1.807) is 0 Å². The summed E-state index contributed by atoms with van der Waals surface area (Å²) in [4.78, 5) is 0.0584. The van der Waals surface area contributed by atoms with Crippen molar-refractivity contribution in [2.75, 3.05) is 6.26 Å². The number of rotatable bonds is 1. The molecule has 0 aliphatic carbocycles. The Morgan fingerprint density at radius 1 is 1.27 bits per heavy atom. The summed E-state index contributed by atoms with van der Waals surface area (Å²) in [5.41, 5.74) is 0. The minimum absolute atomic E-state index is 0.0584. The number of halogens is 4. The molecule has 0 fully saturated rings. The van der Waals surface area contributed by atoms with E-state index in [-0.39, 0.29) is 4.90 Å². The molecule has 2 nitrogen and oxygen atoms in total. The summed E-state index contributed by atoms with van der Waals surface area (Å²) in [5, 5.41) is 0. The van der Waals surface area contributed by atoms with Crippen molar-refractivity contribution in [1.82, 2.24) is 0 Å². The van der Waals surface area contributed by atoms with E-state index in [1.165, 1.54) is 24.3 Å². The van der Waals surface area contributed by atoms with Crippen molar-refractivity contribution in [3.8, 4) is 0 Å². The highest BCUT2D eigenvalue weighted by molar-refractivity contribution is 9.10. The van der Waals surface area contributed by atoms with Crippen LogP contribution in [0.3, 0.4) is 0 Å². The first-order valence-electron chi connectivity index (χ1n) is 3.76. The Labute approximate surface area is 93.8 Å². The van der Waals surface area contributed by atoms with Crippen LogP contribution in [0.25, 0.3) is 0 Å². The lowest BCUT2D eigenvalue weighted by Crippen LogP contribution is -2.08. The van der Waals surface area contributed by atoms with Gasteiger partial charge < -0.3 is 0 Å². The molecule has 0 aliphatic rings. The fourth-order valence-corrected chi connectivity index (χ4v) is 2.34. The van der Waals surface area contributed by atoms with Gasteiger partial charge in [0, 0.05) is 15.6 Å². The van der Waals surface area contributed by atoms with Crippen molar-refractivity contribution in [2.24, 2.45) is 4.36 Å². The summed E-state index contributed by atoms with van der Waals surface area (Å²) >= 11 is 3.13. The Balaban J connectivity index is 3.23. The lowest BCUT2D eigenvalue weighted by atomic mass is 10.4. The van der Waals surface area contributed by atoms with E-state index in [0.717, 1.165) is 6.26 Å². The fourth-order valence-electron chi connectivity index (χ4n) is 0.937. The Bertz CT molecular complexity index is 460. The molecule has 0 radical (unpaired) electrons. The zero-order chi connectivity index (χ0) is 11.7. The molecule has 0 amide bonds. The van der Waals surface area contributed by atoms with Crippen molar-refractivity contribution in [3.63, 3.8) is 0 Å². The molecule has 1 atom stereocenters. The topological polar surface area (TPSA) is 29.4 Å². The van der Waals surface area contributed by atoms with Crippen LogP contribution >= 0.6 is 15.9 Å². The van der Waals surface area contributed by atoms with E-state index in [4.69, 9.17) is 0 Å². The normalized spacial score (nSPS) is 15.8. The van der Waals surface area contributed by atoms with Gasteiger partial charge in [-0.25, -0.2) is 4.21 Å². The predicted molar refractivity (Wildman–Crippen MR) is 55.0 cm³/mol. The van der Waals surface area contributed by atoms with E-state index in [1.807, 2.05) is 0 Å². The molecule has 7 heteroatoms. The third kappa shape index (κ3) is 3.83. The van der Waals surface area contributed by atoms with Crippen LogP contribution in [0, 0.1) is 0 Å². The average Bonchev–Trinajstić information content (AvgIpc) is 2.00. The van der Waals surface area contributed by atoms with E-state index in [9.17, 15) is 17.4 Å². The molecule has 1 aromatic rings. The van der Waals surface area contributed by atoms with Gasteiger partial charge >= 0.3 is 6.30 Å². The largest absolute Gasteiger partial charge is 0.511 e. The fraction of sp³-hybridized carbons (Fsp3) is 0.250. The molecular formula is C8H7BrF3NOS. The van der Waals surface area contributed by atoms with Gasteiger partial charge in [-0.05, 0) is 24.3 Å². The van der Waals surface area contributed by atoms with Crippen LogP contribution in [-0.4, -0.2) is 16.8 Å². The maximum Gasteiger partial charge on any atom is 0.511 e. The second kappa shape index (κ2) is 4.13. The molecule has 0 heterocycles. The van der Waals surface area contributed by atoms with Crippen LogP contribution in [0.1, 0.15) is 0 Å². The van der Waals surface area contributed by atoms with Crippen LogP contribution < -0.4 is 0 Å². The molecule has 0 saturated heterocycles. The van der Waals surface area contributed by atoms with Gasteiger partial charge in [-0.15, -0.1) is 17.5 Å². The van der Waals surface area contributed by atoms with Crippen LogP contribution in [0.15, 0.2) is 38.0 Å². The monoisotopic (exact) mass is 301 g/mol. The van der Waals surface area contributed by atoms with E-state index in [2.05, 4.69) is 20.3 Å². The highest BCUT2D eigenvalue weighted by atomic mass is 79.9. The Morgan fingerprint density at radius 3 is 2.13 bits per heavy atom. The molecule has 1 rings (SSSR count). The third-order valence-corrected chi connectivity index (χ3v) is 3.76. The maximum absolute atomic E-state index is 12.0. The summed E-state index contributed by atoms with van der Waals surface area (Å²) in [7, 11) is -3.41. The average molecular weight is 302 g/mol. The molecule has 0 bridgehead atoms. The molecular weight excluding hydrogens is 295 g/mol. The molecule has 0 saturated carbocycles. The highest BCUT2D eigenvalue weighted by Gasteiger charge is 2.29. The van der Waals surface area contributed by atoms with Gasteiger partial charge in [0.1, 0.15) is 0 Å². The molecule has 0 aliphatic heterocycles. The number of hydrogen-bond acceptors (Lipinski definition) is 2. The van der Waals surface area contributed by atoms with Gasteiger partial charge in [-0.2, -0.15) is 0 Å². The first-order chi connectivity index (χ1) is 6.71. The van der Waals surface area contributed by atoms with Crippen molar-refractivity contribution >= 4 is 25.7 Å². The van der Waals surface area contributed by atoms with E-state index >= 15 is 0 Å². The van der Waals surface area contributed by atoms with Gasteiger partial charge in [0.25, 0.3) is 0 Å². The summed E-state index contributed by atoms with van der Waals surface area (Å²) in [6.45, 7) is 0. The molecule has 84 valence electrons. The van der Waals surface area contributed by atoms with Crippen molar-refractivity contribution in [1.29, 1.82) is 0 Å².